The van der Waals surface area contributed by atoms with Crippen molar-refractivity contribution in [2.75, 3.05) is 0 Å². The van der Waals surface area contributed by atoms with E-state index in [4.69, 9.17) is 0 Å². The predicted octanol–water partition coefficient (Wildman–Crippen LogP) is 3.78. The van der Waals surface area contributed by atoms with E-state index in [-0.39, 0.29) is 0 Å². The summed E-state index contributed by atoms with van der Waals surface area (Å²) in [6.07, 6.45) is 0.684. The molecule has 2 aromatic rings. The molecule has 90 valence electrons. The van der Waals surface area contributed by atoms with Crippen LogP contribution in [0.5, 0.6) is 0 Å². The molecule has 0 bridgehead atoms. The van der Waals surface area contributed by atoms with Gasteiger partial charge in [-0.2, -0.15) is 10.5 Å². The van der Waals surface area contributed by atoms with Gasteiger partial charge >= 0.3 is 0 Å². The van der Waals surface area contributed by atoms with Crippen LogP contribution in [-0.4, -0.2) is 0 Å². The molecule has 1 aliphatic carbocycles. The Kier molecular flexibility index (Phi) is 2.58. The van der Waals surface area contributed by atoms with E-state index < -0.39 is 5.41 Å². The fourth-order valence-electron chi connectivity index (χ4n) is 3.13. The largest absolute Gasteiger partial charge is 0.198 e. The average Bonchev–Trinajstić information content (AvgIpc) is 2.72. The Morgan fingerprint density at radius 1 is 0.737 bits per heavy atom. The van der Waals surface area contributed by atoms with E-state index in [9.17, 15) is 10.5 Å². The van der Waals surface area contributed by atoms with Crippen molar-refractivity contribution in [3.05, 3.63) is 59.7 Å². The number of nitriles is 2. The van der Waals surface area contributed by atoms with Gasteiger partial charge in [0.05, 0.1) is 12.1 Å². The Labute approximate surface area is 112 Å². The fraction of sp³-hybridized carbons (Fsp3) is 0.176. The van der Waals surface area contributed by atoms with Crippen molar-refractivity contribution in [1.82, 2.24) is 0 Å². The van der Waals surface area contributed by atoms with Crippen molar-refractivity contribution < 1.29 is 0 Å². The molecule has 19 heavy (non-hydrogen) atoms. The molecular weight excluding hydrogens is 232 g/mol. The minimum absolute atomic E-state index is 0.342. The maximum absolute atomic E-state index is 9.21. The Bertz CT molecular complexity index is 653. The van der Waals surface area contributed by atoms with Crippen LogP contribution in [0.15, 0.2) is 48.5 Å². The second-order valence-corrected chi connectivity index (χ2v) is 4.84. The Balaban J connectivity index is 2.36. The molecule has 0 N–H and O–H groups in total. The van der Waals surface area contributed by atoms with Crippen molar-refractivity contribution >= 4 is 0 Å². The molecule has 2 heteroatoms. The van der Waals surface area contributed by atoms with E-state index >= 15 is 0 Å². The SMILES string of the molecule is N#CCC1(CC#N)c2ccccc2-c2ccccc21. The van der Waals surface area contributed by atoms with Crippen molar-refractivity contribution in [3.63, 3.8) is 0 Å². The van der Waals surface area contributed by atoms with Gasteiger partial charge in [-0.1, -0.05) is 48.5 Å². The van der Waals surface area contributed by atoms with Crippen molar-refractivity contribution in [2.45, 2.75) is 18.3 Å². The normalized spacial score (nSPS) is 14.0. The standard InChI is InChI=1S/C17H12N2/c18-11-9-17(10-12-19)15-7-3-1-5-13(15)14-6-2-4-8-16(14)17/h1-8H,9-10H2. The van der Waals surface area contributed by atoms with E-state index in [1.165, 1.54) is 0 Å². The van der Waals surface area contributed by atoms with Crippen LogP contribution >= 0.6 is 0 Å². The zero-order chi connectivity index (χ0) is 13.3. The van der Waals surface area contributed by atoms with E-state index in [2.05, 4.69) is 24.3 Å². The van der Waals surface area contributed by atoms with Crippen LogP contribution in [0, 0.1) is 22.7 Å². The predicted molar refractivity (Wildman–Crippen MR) is 73.1 cm³/mol. The maximum Gasteiger partial charge on any atom is 0.0635 e. The first kappa shape index (κ1) is 11.5. The summed E-state index contributed by atoms with van der Waals surface area (Å²) in [5.74, 6) is 0. The molecule has 0 radical (unpaired) electrons. The third-order valence-electron chi connectivity index (χ3n) is 3.94. The molecule has 0 amide bonds. The summed E-state index contributed by atoms with van der Waals surface area (Å²) in [5.41, 5.74) is 4.07. The lowest BCUT2D eigenvalue weighted by Gasteiger charge is -2.26. The van der Waals surface area contributed by atoms with Gasteiger partial charge in [-0.05, 0) is 22.3 Å². The molecule has 0 aromatic heterocycles. The first-order valence-electron chi connectivity index (χ1n) is 6.27. The number of hydrogen-bond donors (Lipinski definition) is 0. The zero-order valence-electron chi connectivity index (χ0n) is 10.4. The van der Waals surface area contributed by atoms with Crippen LogP contribution in [-0.2, 0) is 5.41 Å². The van der Waals surface area contributed by atoms with Crippen molar-refractivity contribution in [1.29, 1.82) is 10.5 Å². The minimum atomic E-state index is -0.462. The van der Waals surface area contributed by atoms with Gasteiger partial charge in [0.1, 0.15) is 0 Å². The first-order valence-corrected chi connectivity index (χ1v) is 6.27. The molecule has 1 aliphatic rings. The van der Waals surface area contributed by atoms with E-state index in [1.54, 1.807) is 0 Å². The van der Waals surface area contributed by atoms with Gasteiger partial charge in [-0.3, -0.25) is 0 Å². The van der Waals surface area contributed by atoms with Gasteiger partial charge in [0.2, 0.25) is 0 Å². The van der Waals surface area contributed by atoms with Gasteiger partial charge in [0, 0.05) is 18.3 Å². The quantitative estimate of drug-likeness (QED) is 0.807. The average molecular weight is 244 g/mol. The van der Waals surface area contributed by atoms with Gasteiger partial charge in [0.15, 0.2) is 0 Å². The third kappa shape index (κ3) is 1.47. The highest BCUT2D eigenvalue weighted by atomic mass is 14.5. The number of hydrogen-bond acceptors (Lipinski definition) is 2. The van der Waals surface area contributed by atoms with Crippen LogP contribution < -0.4 is 0 Å². The monoisotopic (exact) mass is 244 g/mol. The summed E-state index contributed by atoms with van der Waals surface area (Å²) >= 11 is 0. The molecule has 0 atom stereocenters. The van der Waals surface area contributed by atoms with Crippen molar-refractivity contribution in [2.24, 2.45) is 0 Å². The van der Waals surface area contributed by atoms with Gasteiger partial charge < -0.3 is 0 Å². The van der Waals surface area contributed by atoms with Gasteiger partial charge in [0.25, 0.3) is 0 Å². The number of nitrogens with zero attached hydrogens (tertiary/aromatic N) is 2. The fourth-order valence-corrected chi connectivity index (χ4v) is 3.13. The van der Waals surface area contributed by atoms with Crippen LogP contribution in [0.2, 0.25) is 0 Å². The van der Waals surface area contributed by atoms with E-state index in [0.717, 1.165) is 22.3 Å². The van der Waals surface area contributed by atoms with E-state index in [1.807, 2.05) is 36.4 Å². The summed E-state index contributed by atoms with van der Waals surface area (Å²) < 4.78 is 0. The molecule has 0 spiro atoms. The summed E-state index contributed by atoms with van der Waals surface area (Å²) in [6.45, 7) is 0. The summed E-state index contributed by atoms with van der Waals surface area (Å²) in [4.78, 5) is 0. The Morgan fingerprint density at radius 2 is 1.16 bits per heavy atom. The minimum Gasteiger partial charge on any atom is -0.198 e. The third-order valence-corrected chi connectivity index (χ3v) is 3.94. The van der Waals surface area contributed by atoms with Crippen LogP contribution in [0.25, 0.3) is 11.1 Å². The molecule has 0 saturated carbocycles. The highest BCUT2D eigenvalue weighted by Crippen LogP contribution is 2.52. The number of fused-ring (bicyclic) bond motifs is 3. The second kappa shape index (κ2) is 4.26. The lowest BCUT2D eigenvalue weighted by Crippen LogP contribution is -2.24. The molecule has 0 heterocycles. The summed E-state index contributed by atoms with van der Waals surface area (Å²) in [6, 6.07) is 20.7. The van der Waals surface area contributed by atoms with E-state index in [0.29, 0.717) is 12.8 Å². The molecule has 0 unspecified atom stereocenters. The highest BCUT2D eigenvalue weighted by Gasteiger charge is 2.42. The maximum atomic E-state index is 9.21. The second-order valence-electron chi connectivity index (χ2n) is 4.84. The lowest BCUT2D eigenvalue weighted by atomic mass is 9.73. The molecular formula is C17H12N2. The topological polar surface area (TPSA) is 47.6 Å². The Hall–Kier alpha value is -2.58. The molecule has 0 aliphatic heterocycles. The summed E-state index contributed by atoms with van der Waals surface area (Å²) in [7, 11) is 0. The summed E-state index contributed by atoms with van der Waals surface area (Å²) in [5, 5.41) is 18.4. The number of rotatable bonds is 2. The van der Waals surface area contributed by atoms with Crippen LogP contribution in [0.1, 0.15) is 24.0 Å². The lowest BCUT2D eigenvalue weighted by molar-refractivity contribution is 0.554. The molecule has 0 fully saturated rings. The van der Waals surface area contributed by atoms with Gasteiger partial charge in [-0.25, -0.2) is 0 Å². The first-order chi connectivity index (χ1) is 9.33. The highest BCUT2D eigenvalue weighted by molar-refractivity contribution is 5.81. The molecule has 2 aromatic carbocycles. The zero-order valence-corrected chi connectivity index (χ0v) is 10.4. The molecule has 3 rings (SSSR count). The molecule has 0 saturated heterocycles. The Morgan fingerprint density at radius 3 is 1.58 bits per heavy atom. The van der Waals surface area contributed by atoms with Crippen LogP contribution in [0.3, 0.4) is 0 Å². The van der Waals surface area contributed by atoms with Crippen LogP contribution in [0.4, 0.5) is 0 Å². The number of benzene rings is 2. The smallest absolute Gasteiger partial charge is 0.0635 e. The van der Waals surface area contributed by atoms with Gasteiger partial charge in [-0.15, -0.1) is 0 Å². The molecule has 2 nitrogen and oxygen atoms in total. The van der Waals surface area contributed by atoms with Crippen molar-refractivity contribution in [3.8, 4) is 23.3 Å².